The van der Waals surface area contributed by atoms with Gasteiger partial charge in [0, 0.05) is 6.54 Å². The number of carbonyl (C=O) groups excluding carboxylic acids is 3. The molecule has 1 atom stereocenters. The van der Waals surface area contributed by atoms with E-state index < -0.39 is 18.0 Å². The SMILES string of the molecule is NC(=O)[C@@H]1CCCN1C(=O)CNC(=O)OCc1ccccc1. The van der Waals surface area contributed by atoms with Gasteiger partial charge in [-0.25, -0.2) is 4.79 Å². The van der Waals surface area contributed by atoms with Crippen LogP contribution in [0.3, 0.4) is 0 Å². The summed E-state index contributed by atoms with van der Waals surface area (Å²) in [6.07, 6.45) is 0.629. The Bertz CT molecular complexity index is 547. The van der Waals surface area contributed by atoms with Gasteiger partial charge in [0.25, 0.3) is 0 Å². The molecule has 1 aromatic rings. The molecule has 7 nitrogen and oxygen atoms in total. The van der Waals surface area contributed by atoms with Crippen LogP contribution in [0.2, 0.25) is 0 Å². The van der Waals surface area contributed by atoms with E-state index in [0.29, 0.717) is 13.0 Å². The lowest BCUT2D eigenvalue weighted by atomic mass is 10.2. The van der Waals surface area contributed by atoms with Gasteiger partial charge in [0.15, 0.2) is 0 Å². The van der Waals surface area contributed by atoms with E-state index in [9.17, 15) is 14.4 Å². The zero-order valence-electron chi connectivity index (χ0n) is 12.2. The van der Waals surface area contributed by atoms with Crippen molar-refractivity contribution in [2.24, 2.45) is 5.73 Å². The maximum Gasteiger partial charge on any atom is 0.407 e. The Hall–Kier alpha value is -2.57. The third-order valence-electron chi connectivity index (χ3n) is 3.50. The Morgan fingerprint density at radius 2 is 2.00 bits per heavy atom. The van der Waals surface area contributed by atoms with Gasteiger partial charge in [-0.05, 0) is 18.4 Å². The van der Waals surface area contributed by atoms with Gasteiger partial charge in [-0.3, -0.25) is 9.59 Å². The molecule has 1 saturated heterocycles. The summed E-state index contributed by atoms with van der Waals surface area (Å²) in [5, 5.41) is 2.38. The van der Waals surface area contributed by atoms with Gasteiger partial charge < -0.3 is 20.7 Å². The van der Waals surface area contributed by atoms with E-state index in [1.165, 1.54) is 4.90 Å². The number of benzene rings is 1. The largest absolute Gasteiger partial charge is 0.445 e. The summed E-state index contributed by atoms with van der Waals surface area (Å²) in [4.78, 5) is 36.2. The predicted molar refractivity (Wildman–Crippen MR) is 78.6 cm³/mol. The van der Waals surface area contributed by atoms with Crippen LogP contribution in [0.1, 0.15) is 18.4 Å². The van der Waals surface area contributed by atoms with Crippen LogP contribution in [0.4, 0.5) is 4.79 Å². The molecule has 1 aliphatic rings. The molecule has 3 amide bonds. The van der Waals surface area contributed by atoms with Crippen molar-refractivity contribution in [3.05, 3.63) is 35.9 Å². The van der Waals surface area contributed by atoms with Gasteiger partial charge in [0.1, 0.15) is 19.2 Å². The van der Waals surface area contributed by atoms with Crippen molar-refractivity contribution in [1.29, 1.82) is 0 Å². The third kappa shape index (κ3) is 4.21. The molecular weight excluding hydrogens is 286 g/mol. The summed E-state index contributed by atoms with van der Waals surface area (Å²) in [7, 11) is 0. The Kier molecular flexibility index (Phi) is 5.35. The Labute approximate surface area is 128 Å². The molecule has 0 radical (unpaired) electrons. The van der Waals surface area contributed by atoms with Crippen molar-refractivity contribution in [3.63, 3.8) is 0 Å². The lowest BCUT2D eigenvalue weighted by molar-refractivity contribution is -0.136. The molecular formula is C15H19N3O4. The number of nitrogens with two attached hydrogens (primary N) is 1. The van der Waals surface area contributed by atoms with Gasteiger partial charge >= 0.3 is 6.09 Å². The van der Waals surface area contributed by atoms with E-state index in [4.69, 9.17) is 10.5 Å². The highest BCUT2D eigenvalue weighted by Crippen LogP contribution is 2.16. The van der Waals surface area contributed by atoms with Gasteiger partial charge in [-0.1, -0.05) is 30.3 Å². The summed E-state index contributed by atoms with van der Waals surface area (Å²) in [5.74, 6) is -0.851. The minimum Gasteiger partial charge on any atom is -0.445 e. The number of ether oxygens (including phenoxy) is 1. The van der Waals surface area contributed by atoms with Crippen LogP contribution in [0.5, 0.6) is 0 Å². The number of nitrogens with zero attached hydrogens (tertiary/aromatic N) is 1. The fourth-order valence-electron chi connectivity index (χ4n) is 2.38. The molecule has 1 aliphatic heterocycles. The molecule has 22 heavy (non-hydrogen) atoms. The first-order chi connectivity index (χ1) is 10.6. The number of primary amides is 1. The second-order valence-electron chi connectivity index (χ2n) is 5.06. The van der Waals surface area contributed by atoms with Gasteiger partial charge in [0.05, 0.1) is 0 Å². The molecule has 0 unspecified atom stereocenters. The molecule has 0 saturated carbocycles. The van der Waals surface area contributed by atoms with Crippen molar-refractivity contribution < 1.29 is 19.1 Å². The second kappa shape index (κ2) is 7.44. The first-order valence-corrected chi connectivity index (χ1v) is 7.11. The number of rotatable bonds is 5. The molecule has 1 aromatic carbocycles. The van der Waals surface area contributed by atoms with E-state index >= 15 is 0 Å². The molecule has 1 fully saturated rings. The molecule has 0 aromatic heterocycles. The highest BCUT2D eigenvalue weighted by Gasteiger charge is 2.32. The summed E-state index contributed by atoms with van der Waals surface area (Å²) in [5.41, 5.74) is 6.11. The highest BCUT2D eigenvalue weighted by molar-refractivity contribution is 5.89. The van der Waals surface area contributed by atoms with Crippen molar-refractivity contribution in [1.82, 2.24) is 10.2 Å². The topological polar surface area (TPSA) is 102 Å². The maximum absolute atomic E-state index is 12.0. The van der Waals surface area contributed by atoms with Crippen LogP contribution < -0.4 is 11.1 Å². The summed E-state index contributed by atoms with van der Waals surface area (Å²) < 4.78 is 5.00. The van der Waals surface area contributed by atoms with Gasteiger partial charge in [-0.2, -0.15) is 0 Å². The van der Waals surface area contributed by atoms with Crippen LogP contribution in [-0.2, 0) is 20.9 Å². The fourth-order valence-corrected chi connectivity index (χ4v) is 2.38. The number of amides is 3. The van der Waals surface area contributed by atoms with Crippen LogP contribution in [-0.4, -0.2) is 41.9 Å². The van der Waals surface area contributed by atoms with E-state index in [1.807, 2.05) is 30.3 Å². The van der Waals surface area contributed by atoms with Crippen molar-refractivity contribution in [3.8, 4) is 0 Å². The number of carbonyl (C=O) groups is 3. The molecule has 0 bridgehead atoms. The van der Waals surface area contributed by atoms with Crippen molar-refractivity contribution in [2.45, 2.75) is 25.5 Å². The predicted octanol–water partition coefficient (Wildman–Crippen LogP) is 0.389. The first kappa shape index (κ1) is 15.8. The van der Waals surface area contributed by atoms with Crippen molar-refractivity contribution >= 4 is 17.9 Å². The number of likely N-dealkylation sites (tertiary alicyclic amines) is 1. The minimum atomic E-state index is -0.674. The number of alkyl carbamates (subject to hydrolysis) is 1. The average molecular weight is 305 g/mol. The van der Waals surface area contributed by atoms with Crippen LogP contribution >= 0.6 is 0 Å². The third-order valence-corrected chi connectivity index (χ3v) is 3.50. The minimum absolute atomic E-state index is 0.133. The summed E-state index contributed by atoms with van der Waals surface area (Å²) in [6.45, 7) is 0.402. The molecule has 0 spiro atoms. The molecule has 3 N–H and O–H groups in total. The smallest absolute Gasteiger partial charge is 0.407 e. The molecule has 2 rings (SSSR count). The number of nitrogens with one attached hydrogen (secondary N) is 1. The quantitative estimate of drug-likeness (QED) is 0.821. The zero-order chi connectivity index (χ0) is 15.9. The maximum atomic E-state index is 12.0. The lowest BCUT2D eigenvalue weighted by Crippen LogP contribution is -2.47. The van der Waals surface area contributed by atoms with Gasteiger partial charge in [-0.15, -0.1) is 0 Å². The number of hydrogen-bond donors (Lipinski definition) is 2. The molecule has 7 heteroatoms. The average Bonchev–Trinajstić information content (AvgIpc) is 3.01. The number of hydrogen-bond acceptors (Lipinski definition) is 4. The van der Waals surface area contributed by atoms with Gasteiger partial charge in [0.2, 0.25) is 11.8 Å². The first-order valence-electron chi connectivity index (χ1n) is 7.11. The van der Waals surface area contributed by atoms with Crippen LogP contribution in [0.15, 0.2) is 30.3 Å². The Morgan fingerprint density at radius 1 is 1.27 bits per heavy atom. The molecule has 0 aliphatic carbocycles. The zero-order valence-corrected chi connectivity index (χ0v) is 12.2. The Morgan fingerprint density at radius 3 is 2.68 bits per heavy atom. The van der Waals surface area contributed by atoms with E-state index in [-0.39, 0.29) is 19.1 Å². The summed E-state index contributed by atoms with van der Waals surface area (Å²) in [6, 6.07) is 8.65. The Balaban J connectivity index is 1.74. The van der Waals surface area contributed by atoms with Crippen LogP contribution in [0, 0.1) is 0 Å². The fraction of sp³-hybridized carbons (Fsp3) is 0.400. The summed E-state index contributed by atoms with van der Waals surface area (Å²) >= 11 is 0. The van der Waals surface area contributed by atoms with E-state index in [0.717, 1.165) is 12.0 Å². The van der Waals surface area contributed by atoms with Crippen LogP contribution in [0.25, 0.3) is 0 Å². The van der Waals surface area contributed by atoms with E-state index in [1.54, 1.807) is 0 Å². The molecule has 118 valence electrons. The normalized spacial score (nSPS) is 17.1. The van der Waals surface area contributed by atoms with E-state index in [2.05, 4.69) is 5.32 Å². The second-order valence-corrected chi connectivity index (χ2v) is 5.06. The lowest BCUT2D eigenvalue weighted by Gasteiger charge is -2.22. The molecule has 1 heterocycles. The standard InChI is InChI=1S/C15H19N3O4/c16-14(20)12-7-4-8-18(12)13(19)9-17-15(21)22-10-11-5-2-1-3-6-11/h1-3,5-6,12H,4,7-10H2,(H2,16,20)(H,17,21)/t12-/m0/s1. The van der Waals surface area contributed by atoms with Crippen molar-refractivity contribution in [2.75, 3.05) is 13.1 Å². The highest BCUT2D eigenvalue weighted by atomic mass is 16.5. The monoisotopic (exact) mass is 305 g/mol.